The van der Waals surface area contributed by atoms with Crippen molar-refractivity contribution in [3.05, 3.63) is 77.4 Å². The molecule has 0 aliphatic rings. The molecule has 0 fully saturated rings. The van der Waals surface area contributed by atoms with Gasteiger partial charge in [0.15, 0.2) is 0 Å². The van der Waals surface area contributed by atoms with Crippen molar-refractivity contribution in [3.63, 3.8) is 0 Å². The predicted molar refractivity (Wildman–Crippen MR) is 83.0 cm³/mol. The molecule has 0 aliphatic heterocycles. The van der Waals surface area contributed by atoms with E-state index in [4.69, 9.17) is 5.21 Å². The van der Waals surface area contributed by atoms with Crippen LogP contribution in [0.15, 0.2) is 60.7 Å². The van der Waals surface area contributed by atoms with Gasteiger partial charge in [0.05, 0.1) is 0 Å². The molecular weight excluding hydrogens is 280 g/mol. The SMILES string of the molecule is O=C(C=Cc1ccc(CNC(=O)c2ccccc2)cc1)NO. The lowest BCUT2D eigenvalue weighted by molar-refractivity contribution is -0.124. The fourth-order valence-electron chi connectivity index (χ4n) is 1.83. The van der Waals surface area contributed by atoms with Crippen molar-refractivity contribution in [2.45, 2.75) is 6.54 Å². The summed E-state index contributed by atoms with van der Waals surface area (Å²) in [4.78, 5) is 22.8. The average molecular weight is 296 g/mol. The number of hydroxylamine groups is 1. The Kier molecular flexibility index (Phi) is 5.45. The number of hydrogen-bond acceptors (Lipinski definition) is 3. The van der Waals surface area contributed by atoms with E-state index in [0.717, 1.165) is 11.1 Å². The van der Waals surface area contributed by atoms with E-state index in [1.165, 1.54) is 11.6 Å². The van der Waals surface area contributed by atoms with Crippen LogP contribution in [0.2, 0.25) is 0 Å². The first-order valence-corrected chi connectivity index (χ1v) is 6.73. The molecule has 0 heterocycles. The molecule has 0 aromatic heterocycles. The lowest BCUT2D eigenvalue weighted by Crippen LogP contribution is -2.22. The first kappa shape index (κ1) is 15.5. The van der Waals surface area contributed by atoms with Crippen LogP contribution in [0.1, 0.15) is 21.5 Å². The Balaban J connectivity index is 1.90. The van der Waals surface area contributed by atoms with Crippen LogP contribution in [-0.2, 0) is 11.3 Å². The summed E-state index contributed by atoms with van der Waals surface area (Å²) in [5.74, 6) is -0.705. The lowest BCUT2D eigenvalue weighted by atomic mass is 10.1. The van der Waals surface area contributed by atoms with E-state index < -0.39 is 5.91 Å². The van der Waals surface area contributed by atoms with Crippen LogP contribution in [-0.4, -0.2) is 17.0 Å². The van der Waals surface area contributed by atoms with Gasteiger partial charge in [-0.2, -0.15) is 0 Å². The zero-order chi connectivity index (χ0) is 15.8. The highest BCUT2D eigenvalue weighted by Crippen LogP contribution is 2.07. The van der Waals surface area contributed by atoms with Crippen molar-refractivity contribution in [1.82, 2.24) is 10.8 Å². The predicted octanol–water partition coefficient (Wildman–Crippen LogP) is 2.14. The highest BCUT2D eigenvalue weighted by Gasteiger charge is 2.03. The standard InChI is InChI=1S/C17H16N2O3/c20-16(19-22)11-10-13-6-8-14(9-7-13)12-18-17(21)15-4-2-1-3-5-15/h1-11,22H,12H2,(H,18,21)(H,19,20). The number of benzene rings is 2. The van der Waals surface area contributed by atoms with Gasteiger partial charge in [0.1, 0.15) is 0 Å². The van der Waals surface area contributed by atoms with E-state index >= 15 is 0 Å². The van der Waals surface area contributed by atoms with E-state index in [2.05, 4.69) is 5.32 Å². The molecule has 0 radical (unpaired) electrons. The average Bonchev–Trinajstić information content (AvgIpc) is 2.59. The number of rotatable bonds is 5. The topological polar surface area (TPSA) is 78.4 Å². The first-order chi connectivity index (χ1) is 10.7. The molecule has 0 bridgehead atoms. The molecule has 2 rings (SSSR count). The summed E-state index contributed by atoms with van der Waals surface area (Å²) in [5, 5.41) is 11.2. The van der Waals surface area contributed by atoms with Crippen molar-refractivity contribution in [2.75, 3.05) is 0 Å². The minimum Gasteiger partial charge on any atom is -0.348 e. The quantitative estimate of drug-likeness (QED) is 0.449. The minimum atomic E-state index is -0.584. The second kappa shape index (κ2) is 7.75. The van der Waals surface area contributed by atoms with Crippen molar-refractivity contribution in [2.24, 2.45) is 0 Å². The zero-order valence-corrected chi connectivity index (χ0v) is 11.8. The van der Waals surface area contributed by atoms with Crippen LogP contribution >= 0.6 is 0 Å². The van der Waals surface area contributed by atoms with E-state index in [-0.39, 0.29) is 5.91 Å². The second-order valence-electron chi connectivity index (χ2n) is 4.60. The Labute approximate surface area is 128 Å². The normalized spacial score (nSPS) is 10.4. The van der Waals surface area contributed by atoms with Crippen LogP contribution < -0.4 is 10.8 Å². The molecule has 112 valence electrons. The molecule has 5 heteroatoms. The Morgan fingerprint density at radius 2 is 1.68 bits per heavy atom. The maximum Gasteiger partial charge on any atom is 0.267 e. The van der Waals surface area contributed by atoms with Crippen molar-refractivity contribution >= 4 is 17.9 Å². The van der Waals surface area contributed by atoms with E-state index in [9.17, 15) is 9.59 Å². The summed E-state index contributed by atoms with van der Waals surface area (Å²) >= 11 is 0. The Morgan fingerprint density at radius 3 is 2.32 bits per heavy atom. The van der Waals surface area contributed by atoms with Gasteiger partial charge in [-0.3, -0.25) is 14.8 Å². The van der Waals surface area contributed by atoms with Crippen LogP contribution in [0.5, 0.6) is 0 Å². The first-order valence-electron chi connectivity index (χ1n) is 6.73. The highest BCUT2D eigenvalue weighted by atomic mass is 16.5. The van der Waals surface area contributed by atoms with Crippen molar-refractivity contribution in [3.8, 4) is 0 Å². The minimum absolute atomic E-state index is 0.121. The molecule has 22 heavy (non-hydrogen) atoms. The molecule has 2 aromatic carbocycles. The Hall–Kier alpha value is -2.92. The molecule has 3 N–H and O–H groups in total. The zero-order valence-electron chi connectivity index (χ0n) is 11.8. The van der Waals surface area contributed by atoms with Gasteiger partial charge in [-0.25, -0.2) is 5.48 Å². The maximum atomic E-state index is 11.9. The van der Waals surface area contributed by atoms with Gasteiger partial charge in [0.2, 0.25) is 0 Å². The fourth-order valence-corrected chi connectivity index (χ4v) is 1.83. The molecule has 2 amide bonds. The van der Waals surface area contributed by atoms with Crippen molar-refractivity contribution < 1.29 is 14.8 Å². The summed E-state index contributed by atoms with van der Waals surface area (Å²) < 4.78 is 0. The third-order valence-electron chi connectivity index (χ3n) is 3.01. The molecule has 0 aliphatic carbocycles. The largest absolute Gasteiger partial charge is 0.348 e. The molecule has 0 saturated heterocycles. The maximum absolute atomic E-state index is 11.9. The van der Waals surface area contributed by atoms with Gasteiger partial charge in [-0.15, -0.1) is 0 Å². The summed E-state index contributed by atoms with van der Waals surface area (Å²) in [6, 6.07) is 16.4. The van der Waals surface area contributed by atoms with Crippen LogP contribution in [0.4, 0.5) is 0 Å². The molecular formula is C17H16N2O3. The Bertz CT molecular complexity index is 664. The summed E-state index contributed by atoms with van der Waals surface area (Å²) in [5.41, 5.74) is 3.92. The van der Waals surface area contributed by atoms with Gasteiger partial charge in [0.25, 0.3) is 11.8 Å². The summed E-state index contributed by atoms with van der Waals surface area (Å²) in [6.07, 6.45) is 2.81. The van der Waals surface area contributed by atoms with Gasteiger partial charge in [0, 0.05) is 18.2 Å². The van der Waals surface area contributed by atoms with Crippen LogP contribution in [0.25, 0.3) is 6.08 Å². The van der Waals surface area contributed by atoms with E-state index in [1.54, 1.807) is 18.2 Å². The molecule has 0 spiro atoms. The number of nitrogens with one attached hydrogen (secondary N) is 2. The molecule has 5 nitrogen and oxygen atoms in total. The van der Waals surface area contributed by atoms with E-state index in [1.807, 2.05) is 42.5 Å². The molecule has 0 saturated carbocycles. The lowest BCUT2D eigenvalue weighted by Gasteiger charge is -2.05. The number of amides is 2. The number of hydrogen-bond donors (Lipinski definition) is 3. The monoisotopic (exact) mass is 296 g/mol. The Morgan fingerprint density at radius 1 is 1.00 bits per heavy atom. The van der Waals surface area contributed by atoms with Gasteiger partial charge >= 0.3 is 0 Å². The third-order valence-corrected chi connectivity index (χ3v) is 3.01. The number of carbonyl (C=O) groups is 2. The molecule has 0 unspecified atom stereocenters. The van der Waals surface area contributed by atoms with Gasteiger partial charge in [-0.1, -0.05) is 42.5 Å². The van der Waals surface area contributed by atoms with Gasteiger partial charge < -0.3 is 5.32 Å². The van der Waals surface area contributed by atoms with Crippen LogP contribution in [0, 0.1) is 0 Å². The highest BCUT2D eigenvalue weighted by molar-refractivity contribution is 5.94. The third kappa shape index (κ3) is 4.57. The smallest absolute Gasteiger partial charge is 0.267 e. The second-order valence-corrected chi connectivity index (χ2v) is 4.60. The molecule has 2 aromatic rings. The van der Waals surface area contributed by atoms with Gasteiger partial charge in [-0.05, 0) is 29.3 Å². The summed E-state index contributed by atoms with van der Waals surface area (Å²) in [6.45, 7) is 0.425. The summed E-state index contributed by atoms with van der Waals surface area (Å²) in [7, 11) is 0. The molecule has 0 atom stereocenters. The van der Waals surface area contributed by atoms with E-state index in [0.29, 0.717) is 12.1 Å². The van der Waals surface area contributed by atoms with Crippen molar-refractivity contribution in [1.29, 1.82) is 0 Å². The van der Waals surface area contributed by atoms with Crippen LogP contribution in [0.3, 0.4) is 0 Å². The number of carbonyl (C=O) groups excluding carboxylic acids is 2. The fraction of sp³-hybridized carbons (Fsp3) is 0.0588.